The first kappa shape index (κ1) is 24.7. The van der Waals surface area contributed by atoms with Crippen molar-refractivity contribution in [2.24, 2.45) is 0 Å². The summed E-state index contributed by atoms with van der Waals surface area (Å²) in [7, 11) is -1.77. The number of nitrogens with zero attached hydrogens (tertiary/aromatic N) is 2. The van der Waals surface area contributed by atoms with Gasteiger partial charge in [0.15, 0.2) is 0 Å². The molecule has 1 aromatic carbocycles. The van der Waals surface area contributed by atoms with Gasteiger partial charge in [-0.25, -0.2) is 13.9 Å². The minimum atomic E-state index is -4.51. The van der Waals surface area contributed by atoms with E-state index in [4.69, 9.17) is 4.74 Å². The zero-order valence-electron chi connectivity index (χ0n) is 18.6. The second kappa shape index (κ2) is 10.8. The number of alkyl halides is 3. The number of hydrogen-bond acceptors (Lipinski definition) is 4. The molecule has 2 unspecified atom stereocenters. The lowest BCUT2D eigenvalue weighted by Gasteiger charge is -2.32. The summed E-state index contributed by atoms with van der Waals surface area (Å²) in [5, 5.41) is 0. The van der Waals surface area contributed by atoms with Crippen LogP contribution in [-0.4, -0.2) is 45.7 Å². The van der Waals surface area contributed by atoms with Crippen LogP contribution in [0.4, 0.5) is 13.2 Å². The number of rotatable bonds is 8. The lowest BCUT2D eigenvalue weighted by Crippen LogP contribution is -2.35. The van der Waals surface area contributed by atoms with E-state index >= 15 is 0 Å². The molecule has 0 spiro atoms. The molecule has 2 atom stereocenters. The van der Waals surface area contributed by atoms with Crippen LogP contribution >= 0.6 is 0 Å². The van der Waals surface area contributed by atoms with Crippen molar-refractivity contribution in [3.05, 3.63) is 59.3 Å². The van der Waals surface area contributed by atoms with Crippen LogP contribution in [0.15, 0.2) is 42.5 Å². The van der Waals surface area contributed by atoms with Gasteiger partial charge in [0, 0.05) is 30.5 Å². The number of likely N-dealkylation sites (tertiary alicyclic amines) is 1. The molecule has 1 fully saturated rings. The summed E-state index contributed by atoms with van der Waals surface area (Å²) in [4.78, 5) is 6.96. The Labute approximate surface area is 190 Å². The molecule has 1 aliphatic rings. The molecule has 0 saturated carbocycles. The molecule has 2 heterocycles. The zero-order valence-corrected chi connectivity index (χ0v) is 19.4. The van der Waals surface area contributed by atoms with Crippen LogP contribution in [0.1, 0.15) is 55.5 Å². The monoisotopic (exact) mass is 469 g/mol. The summed E-state index contributed by atoms with van der Waals surface area (Å²) in [5.74, 6) is 1.02. The summed E-state index contributed by atoms with van der Waals surface area (Å²) in [6, 6.07) is 10.3. The van der Waals surface area contributed by atoms with Gasteiger partial charge in [-0.3, -0.25) is 4.90 Å². The van der Waals surface area contributed by atoms with Crippen LogP contribution in [0, 0.1) is 0 Å². The average molecular weight is 470 g/mol. The number of halogens is 3. The molecule has 1 aliphatic heterocycles. The van der Waals surface area contributed by atoms with Crippen molar-refractivity contribution in [3.63, 3.8) is 0 Å². The van der Waals surface area contributed by atoms with E-state index in [1.807, 2.05) is 32.0 Å². The number of piperidine rings is 1. The summed E-state index contributed by atoms with van der Waals surface area (Å²) < 4.78 is 58.9. The van der Waals surface area contributed by atoms with Gasteiger partial charge in [0.1, 0.15) is 6.04 Å². The summed E-state index contributed by atoms with van der Waals surface area (Å²) in [5.41, 5.74) is 2.06. The standard InChI is InChI=1S/C23H30F3N3O2S/c1-16(2)31-21-6-4-5-20(27-21)18-11-13-29(14-12-18)15-17-7-9-19(10-8-17)22(23(24,25)26)28-32(3)30/h4-10,16,18,22,28H,11-15H2,1-3H3. The zero-order chi connectivity index (χ0) is 23.3. The van der Waals surface area contributed by atoms with Crippen molar-refractivity contribution in [1.29, 1.82) is 0 Å². The summed E-state index contributed by atoms with van der Waals surface area (Å²) in [6.45, 7) is 6.42. The molecule has 3 rings (SSSR count). The molecular formula is C23H30F3N3O2S. The van der Waals surface area contributed by atoms with Gasteiger partial charge in [0.25, 0.3) is 0 Å². The van der Waals surface area contributed by atoms with E-state index in [0.717, 1.165) is 37.2 Å². The van der Waals surface area contributed by atoms with Crippen molar-refractivity contribution in [2.45, 2.75) is 57.5 Å². The van der Waals surface area contributed by atoms with Gasteiger partial charge in [0.05, 0.1) is 17.1 Å². The second-order valence-corrected chi connectivity index (χ2v) is 9.55. The number of nitrogens with one attached hydrogen (secondary N) is 1. The van der Waals surface area contributed by atoms with Crippen LogP contribution < -0.4 is 9.46 Å². The van der Waals surface area contributed by atoms with Gasteiger partial charge in [-0.05, 0) is 57.0 Å². The Balaban J connectivity index is 1.57. The second-order valence-electron chi connectivity index (χ2n) is 8.41. The highest BCUT2D eigenvalue weighted by Crippen LogP contribution is 2.33. The molecule has 32 heavy (non-hydrogen) atoms. The van der Waals surface area contributed by atoms with E-state index in [1.165, 1.54) is 18.4 Å². The maximum Gasteiger partial charge on any atom is 0.408 e. The molecule has 1 saturated heterocycles. The molecule has 1 aromatic heterocycles. The predicted molar refractivity (Wildman–Crippen MR) is 120 cm³/mol. The third kappa shape index (κ3) is 7.02. The fourth-order valence-corrected chi connectivity index (χ4v) is 4.52. The van der Waals surface area contributed by atoms with Crippen LogP contribution in [0.3, 0.4) is 0 Å². The minimum absolute atomic E-state index is 0.0599. The number of ether oxygens (including phenoxy) is 1. The Morgan fingerprint density at radius 2 is 1.81 bits per heavy atom. The molecule has 0 radical (unpaired) electrons. The van der Waals surface area contributed by atoms with Gasteiger partial charge >= 0.3 is 6.18 Å². The maximum absolute atomic E-state index is 13.3. The Morgan fingerprint density at radius 3 is 2.38 bits per heavy atom. The fraction of sp³-hybridized carbons (Fsp3) is 0.522. The molecule has 0 aliphatic carbocycles. The van der Waals surface area contributed by atoms with Crippen molar-refractivity contribution in [3.8, 4) is 5.88 Å². The Morgan fingerprint density at radius 1 is 1.16 bits per heavy atom. The molecule has 9 heteroatoms. The highest BCUT2D eigenvalue weighted by atomic mass is 32.2. The predicted octanol–water partition coefficient (Wildman–Crippen LogP) is 4.73. The number of pyridine rings is 1. The van der Waals surface area contributed by atoms with Crippen LogP contribution in [0.2, 0.25) is 0 Å². The quantitative estimate of drug-likeness (QED) is 0.607. The van der Waals surface area contributed by atoms with Crippen molar-refractivity contribution >= 4 is 11.0 Å². The van der Waals surface area contributed by atoms with E-state index in [9.17, 15) is 17.4 Å². The highest BCUT2D eigenvalue weighted by Gasteiger charge is 2.41. The third-order valence-electron chi connectivity index (χ3n) is 5.44. The maximum atomic E-state index is 13.3. The first-order chi connectivity index (χ1) is 15.1. The Hall–Kier alpha value is -1.97. The minimum Gasteiger partial charge on any atom is -0.475 e. The third-order valence-corrected chi connectivity index (χ3v) is 6.01. The van der Waals surface area contributed by atoms with Gasteiger partial charge in [-0.1, -0.05) is 30.3 Å². The SMILES string of the molecule is CC(C)Oc1cccc(C2CCN(Cc3ccc(C(NS(C)=O)C(F)(F)F)cc3)CC2)n1. The van der Waals surface area contributed by atoms with Crippen LogP contribution in [0.25, 0.3) is 0 Å². The number of aromatic nitrogens is 1. The van der Waals surface area contributed by atoms with Gasteiger partial charge < -0.3 is 4.74 Å². The Bertz CT molecular complexity index is 898. The van der Waals surface area contributed by atoms with Gasteiger partial charge in [-0.15, -0.1) is 0 Å². The van der Waals surface area contributed by atoms with Crippen LogP contribution in [0.5, 0.6) is 5.88 Å². The van der Waals surface area contributed by atoms with Crippen molar-refractivity contribution < 1.29 is 22.1 Å². The lowest BCUT2D eigenvalue weighted by atomic mass is 9.92. The van der Waals surface area contributed by atoms with E-state index in [2.05, 4.69) is 14.6 Å². The smallest absolute Gasteiger partial charge is 0.408 e. The average Bonchev–Trinajstić information content (AvgIpc) is 2.72. The summed E-state index contributed by atoms with van der Waals surface area (Å²) >= 11 is 0. The summed E-state index contributed by atoms with van der Waals surface area (Å²) in [6.07, 6.45) is -1.30. The highest BCUT2D eigenvalue weighted by molar-refractivity contribution is 7.82. The van der Waals surface area contributed by atoms with E-state index in [1.54, 1.807) is 12.1 Å². The van der Waals surface area contributed by atoms with Gasteiger partial charge in [0.2, 0.25) is 5.88 Å². The fourth-order valence-electron chi connectivity index (χ4n) is 3.92. The number of hydrogen-bond donors (Lipinski definition) is 1. The van der Waals surface area contributed by atoms with E-state index in [0.29, 0.717) is 18.3 Å². The lowest BCUT2D eigenvalue weighted by molar-refractivity contribution is -0.152. The topological polar surface area (TPSA) is 54.5 Å². The van der Waals surface area contributed by atoms with Crippen molar-refractivity contribution in [2.75, 3.05) is 19.3 Å². The largest absolute Gasteiger partial charge is 0.475 e. The molecule has 1 N–H and O–H groups in total. The molecule has 0 amide bonds. The molecule has 0 bridgehead atoms. The van der Waals surface area contributed by atoms with E-state index in [-0.39, 0.29) is 11.7 Å². The normalized spacial score (nSPS) is 18.0. The molecular weight excluding hydrogens is 439 g/mol. The molecule has 176 valence electrons. The number of benzene rings is 1. The first-order valence-electron chi connectivity index (χ1n) is 10.7. The first-order valence-corrected chi connectivity index (χ1v) is 12.3. The Kier molecular flexibility index (Phi) is 8.30. The molecule has 2 aromatic rings. The van der Waals surface area contributed by atoms with Crippen molar-refractivity contribution in [1.82, 2.24) is 14.6 Å². The van der Waals surface area contributed by atoms with Crippen LogP contribution in [-0.2, 0) is 17.5 Å². The van der Waals surface area contributed by atoms with Gasteiger partial charge in [-0.2, -0.15) is 13.2 Å². The van der Waals surface area contributed by atoms with E-state index < -0.39 is 23.2 Å². The molecule has 5 nitrogen and oxygen atoms in total.